The van der Waals surface area contributed by atoms with E-state index in [0.717, 1.165) is 0 Å². The zero-order valence-electron chi connectivity index (χ0n) is 10.8. The van der Waals surface area contributed by atoms with Crippen molar-refractivity contribution in [2.45, 2.75) is 31.2 Å². The summed E-state index contributed by atoms with van der Waals surface area (Å²) in [6.45, 7) is 4.07. The molecule has 0 aliphatic carbocycles. The van der Waals surface area contributed by atoms with Crippen LogP contribution in [0.1, 0.15) is 20.3 Å². The van der Waals surface area contributed by atoms with E-state index in [4.69, 9.17) is 5.14 Å². The van der Waals surface area contributed by atoms with Crippen LogP contribution in [0.2, 0.25) is 0 Å². The monoisotopic (exact) mass is 283 g/mol. The number of carbonyl (C=O) groups is 1. The van der Waals surface area contributed by atoms with E-state index < -0.39 is 10.0 Å². The highest BCUT2D eigenvalue weighted by molar-refractivity contribution is 7.89. The molecule has 1 aromatic rings. The lowest BCUT2D eigenvalue weighted by atomic mass is 10.0. The zero-order valence-corrected chi connectivity index (χ0v) is 11.6. The first kappa shape index (κ1) is 13.8. The van der Waals surface area contributed by atoms with E-state index in [9.17, 15) is 13.2 Å². The Hall–Kier alpha value is -1.60. The maximum Gasteiger partial charge on any atom is 0.246 e. The minimum absolute atomic E-state index is 0.0179. The van der Waals surface area contributed by atoms with Crippen molar-refractivity contribution in [2.75, 3.05) is 10.6 Å². The number of amides is 1. The van der Waals surface area contributed by atoms with Gasteiger partial charge in [-0.2, -0.15) is 0 Å². The molecule has 0 saturated heterocycles. The summed E-state index contributed by atoms with van der Waals surface area (Å²) in [7, 11) is -3.77. The van der Waals surface area contributed by atoms with Gasteiger partial charge in [-0.15, -0.1) is 0 Å². The van der Waals surface area contributed by atoms with E-state index in [1.165, 1.54) is 12.1 Å². The fourth-order valence-corrected chi connectivity index (χ4v) is 2.58. The number of sulfonamides is 1. The van der Waals surface area contributed by atoms with Crippen molar-refractivity contribution in [2.24, 2.45) is 11.1 Å². The van der Waals surface area contributed by atoms with Gasteiger partial charge in [0.05, 0.1) is 16.3 Å². The van der Waals surface area contributed by atoms with Crippen molar-refractivity contribution in [3.05, 3.63) is 18.2 Å². The number of carbonyl (C=O) groups excluding carboxylic acids is 1. The number of primary sulfonamides is 1. The van der Waals surface area contributed by atoms with Crippen LogP contribution in [-0.2, 0) is 14.8 Å². The van der Waals surface area contributed by atoms with Crippen molar-refractivity contribution in [1.29, 1.82) is 0 Å². The Labute approximate surface area is 112 Å². The third kappa shape index (κ3) is 3.05. The minimum atomic E-state index is -3.77. The molecule has 1 aliphatic heterocycles. The largest absolute Gasteiger partial charge is 0.372 e. The van der Waals surface area contributed by atoms with E-state index in [1.54, 1.807) is 6.07 Å². The van der Waals surface area contributed by atoms with Crippen LogP contribution in [0.4, 0.5) is 11.4 Å². The lowest BCUT2D eigenvalue weighted by Crippen LogP contribution is -2.39. The fraction of sp³-hybridized carbons (Fsp3) is 0.417. The number of nitrogens with one attached hydrogen (secondary N) is 2. The van der Waals surface area contributed by atoms with Crippen LogP contribution in [0.15, 0.2) is 23.1 Å². The average molecular weight is 283 g/mol. The number of hydrogen-bond donors (Lipinski definition) is 3. The number of rotatable bonds is 3. The first-order valence-electron chi connectivity index (χ1n) is 6.01. The van der Waals surface area contributed by atoms with Gasteiger partial charge in [0.1, 0.15) is 6.04 Å². The molecular formula is C12H17N3O3S. The van der Waals surface area contributed by atoms with E-state index in [0.29, 0.717) is 23.7 Å². The van der Waals surface area contributed by atoms with Gasteiger partial charge in [-0.05, 0) is 30.5 Å². The normalized spacial score (nSPS) is 18.7. The molecule has 6 nitrogen and oxygen atoms in total. The summed E-state index contributed by atoms with van der Waals surface area (Å²) < 4.78 is 22.5. The first-order valence-corrected chi connectivity index (χ1v) is 7.56. The molecule has 1 amide bonds. The second-order valence-electron chi connectivity index (χ2n) is 5.07. The molecule has 0 radical (unpaired) electrons. The van der Waals surface area contributed by atoms with Crippen LogP contribution in [0.25, 0.3) is 0 Å². The maximum atomic E-state index is 11.9. The van der Waals surface area contributed by atoms with Gasteiger partial charge in [0, 0.05) is 0 Å². The number of benzene rings is 1. The highest BCUT2D eigenvalue weighted by atomic mass is 32.2. The molecule has 2 rings (SSSR count). The molecule has 1 unspecified atom stereocenters. The Kier molecular flexibility index (Phi) is 3.51. The van der Waals surface area contributed by atoms with Crippen LogP contribution >= 0.6 is 0 Å². The van der Waals surface area contributed by atoms with E-state index in [2.05, 4.69) is 10.6 Å². The van der Waals surface area contributed by atoms with Gasteiger partial charge >= 0.3 is 0 Å². The molecule has 0 fully saturated rings. The predicted octanol–water partition coefficient (Wildman–Crippen LogP) is 1.11. The van der Waals surface area contributed by atoms with Gasteiger partial charge in [-0.1, -0.05) is 13.8 Å². The maximum absolute atomic E-state index is 11.9. The molecule has 1 heterocycles. The second-order valence-corrected chi connectivity index (χ2v) is 6.63. The Morgan fingerprint density at radius 3 is 2.58 bits per heavy atom. The van der Waals surface area contributed by atoms with Gasteiger partial charge in [0.25, 0.3) is 0 Å². The quantitative estimate of drug-likeness (QED) is 0.773. The first-order chi connectivity index (χ1) is 8.77. The molecule has 104 valence electrons. The summed E-state index contributed by atoms with van der Waals surface area (Å²) in [5.41, 5.74) is 1.15. The van der Waals surface area contributed by atoms with Gasteiger partial charge in [0.15, 0.2) is 0 Å². The molecule has 4 N–H and O–H groups in total. The summed E-state index contributed by atoms with van der Waals surface area (Å²) in [4.78, 5) is 11.9. The van der Waals surface area contributed by atoms with Crippen LogP contribution in [-0.4, -0.2) is 20.4 Å². The van der Waals surface area contributed by atoms with E-state index >= 15 is 0 Å². The Morgan fingerprint density at radius 1 is 1.32 bits per heavy atom. The molecule has 0 spiro atoms. The van der Waals surface area contributed by atoms with Crippen molar-refractivity contribution in [3.63, 3.8) is 0 Å². The Balaban J connectivity index is 2.31. The van der Waals surface area contributed by atoms with Gasteiger partial charge in [0.2, 0.25) is 15.9 Å². The van der Waals surface area contributed by atoms with Crippen LogP contribution in [0.3, 0.4) is 0 Å². The van der Waals surface area contributed by atoms with Crippen molar-refractivity contribution >= 4 is 27.3 Å². The molecule has 1 atom stereocenters. The predicted molar refractivity (Wildman–Crippen MR) is 73.3 cm³/mol. The highest BCUT2D eigenvalue weighted by Gasteiger charge is 2.26. The molecule has 7 heteroatoms. The van der Waals surface area contributed by atoms with Crippen molar-refractivity contribution in [3.8, 4) is 0 Å². The molecule has 1 aliphatic rings. The van der Waals surface area contributed by atoms with Crippen LogP contribution in [0, 0.1) is 5.92 Å². The zero-order chi connectivity index (χ0) is 14.2. The molecule has 19 heavy (non-hydrogen) atoms. The molecule has 0 saturated carbocycles. The summed E-state index contributed by atoms with van der Waals surface area (Å²) in [5, 5.41) is 10.9. The third-order valence-corrected chi connectivity index (χ3v) is 3.84. The lowest BCUT2D eigenvalue weighted by Gasteiger charge is -2.28. The van der Waals surface area contributed by atoms with Crippen molar-refractivity contribution < 1.29 is 13.2 Å². The second kappa shape index (κ2) is 4.82. The summed E-state index contributed by atoms with van der Waals surface area (Å²) in [6.07, 6.45) is 0.711. The average Bonchev–Trinajstić information content (AvgIpc) is 2.27. The fourth-order valence-electron chi connectivity index (χ4n) is 2.04. The van der Waals surface area contributed by atoms with Crippen molar-refractivity contribution in [1.82, 2.24) is 0 Å². The third-order valence-electron chi connectivity index (χ3n) is 2.93. The van der Waals surface area contributed by atoms with Gasteiger partial charge in [-0.3, -0.25) is 4.79 Å². The Bertz CT molecular complexity index is 611. The number of fused-ring (bicyclic) bond motifs is 1. The molecule has 0 bridgehead atoms. The molecular weight excluding hydrogens is 266 g/mol. The molecule has 0 aromatic heterocycles. The van der Waals surface area contributed by atoms with E-state index in [-0.39, 0.29) is 16.8 Å². The van der Waals surface area contributed by atoms with Gasteiger partial charge in [-0.25, -0.2) is 13.6 Å². The number of anilines is 2. The van der Waals surface area contributed by atoms with Crippen LogP contribution in [0.5, 0.6) is 0 Å². The number of nitrogens with two attached hydrogens (primary N) is 1. The topological polar surface area (TPSA) is 101 Å². The summed E-state index contributed by atoms with van der Waals surface area (Å²) >= 11 is 0. The summed E-state index contributed by atoms with van der Waals surface area (Å²) in [5.74, 6) is 0.223. The lowest BCUT2D eigenvalue weighted by molar-refractivity contribution is -0.117. The standard InChI is InChI=1S/C12H17N3O3S/c1-7(2)5-11-12(16)15-10-6-8(19(13,17)18)3-4-9(10)14-11/h3-4,6-7,11,14H,5H2,1-2H3,(H,15,16)(H2,13,17,18). The smallest absolute Gasteiger partial charge is 0.246 e. The summed E-state index contributed by atoms with van der Waals surface area (Å²) in [6, 6.07) is 4.10. The number of hydrogen-bond acceptors (Lipinski definition) is 4. The minimum Gasteiger partial charge on any atom is -0.372 e. The highest BCUT2D eigenvalue weighted by Crippen LogP contribution is 2.30. The molecule has 1 aromatic carbocycles. The van der Waals surface area contributed by atoms with E-state index in [1.807, 2.05) is 13.8 Å². The van der Waals surface area contributed by atoms with Crippen LogP contribution < -0.4 is 15.8 Å². The Morgan fingerprint density at radius 2 is 2.00 bits per heavy atom. The van der Waals surface area contributed by atoms with Gasteiger partial charge < -0.3 is 10.6 Å². The SMILES string of the molecule is CC(C)CC1Nc2ccc(S(N)(=O)=O)cc2NC1=O.